The first-order chi connectivity index (χ1) is 4.47. The van der Waals surface area contributed by atoms with Crippen LogP contribution in [-0.2, 0) is 21.1 Å². The maximum Gasteiger partial charge on any atom is 0.0790 e. The largest absolute Gasteiger partial charge is 0.368 e. The van der Waals surface area contributed by atoms with Crippen LogP contribution in [0.25, 0.3) is 11.2 Å². The maximum atomic E-state index is 3.92. The second kappa shape index (κ2) is 2.93. The van der Waals surface area contributed by atoms with Crippen LogP contribution in [0.5, 0.6) is 0 Å². The van der Waals surface area contributed by atoms with E-state index < -0.39 is 0 Å². The zero-order valence-corrected chi connectivity index (χ0v) is 7.97. The van der Waals surface area contributed by atoms with Gasteiger partial charge in [-0.2, -0.15) is 6.07 Å². The van der Waals surface area contributed by atoms with Gasteiger partial charge in [0.2, 0.25) is 0 Å². The Bertz CT molecular complexity index is 287. The van der Waals surface area contributed by atoms with Crippen LogP contribution in [0.15, 0.2) is 18.5 Å². The Labute approximate surface area is 72.1 Å². The van der Waals surface area contributed by atoms with Crippen LogP contribution in [0.3, 0.4) is 0 Å². The van der Waals surface area contributed by atoms with Crippen molar-refractivity contribution in [3.05, 3.63) is 24.7 Å². The average molecular weight is 302 g/mol. The molecular weight excluding hydrogens is 298 g/mol. The van der Waals surface area contributed by atoms with Crippen LogP contribution in [-0.4, -0.2) is 15.0 Å². The van der Waals surface area contributed by atoms with Crippen molar-refractivity contribution in [2.24, 2.45) is 0 Å². The van der Waals surface area contributed by atoms with Crippen molar-refractivity contribution in [3.8, 4) is 0 Å². The first-order valence-electron chi connectivity index (χ1n) is 2.63. The molecule has 0 aliphatic carbocycles. The van der Waals surface area contributed by atoms with Gasteiger partial charge in [-0.3, -0.25) is 4.98 Å². The van der Waals surface area contributed by atoms with E-state index in [2.05, 4.69) is 21.1 Å². The van der Waals surface area contributed by atoms with Gasteiger partial charge in [-0.25, -0.2) is 0 Å². The van der Waals surface area contributed by atoms with Crippen LogP contribution in [0.4, 0.5) is 0 Å². The molecule has 0 bridgehead atoms. The molecule has 0 radical (unpaired) electrons. The summed E-state index contributed by atoms with van der Waals surface area (Å²) in [6.07, 6.45) is 4.31. The van der Waals surface area contributed by atoms with E-state index in [1.807, 2.05) is 6.07 Å². The molecule has 4 heteroatoms. The predicted octanol–water partition coefficient (Wildman–Crippen LogP) is 0.756. The summed E-state index contributed by atoms with van der Waals surface area (Å²) in [5.41, 5.74) is 1.67. The summed E-state index contributed by atoms with van der Waals surface area (Å²) in [4.78, 5) is 10.7. The molecule has 0 aliphatic heterocycles. The molecule has 0 aliphatic rings. The van der Waals surface area contributed by atoms with Crippen molar-refractivity contribution in [1.82, 2.24) is 15.0 Å². The van der Waals surface area contributed by atoms with Crippen LogP contribution < -0.4 is 0 Å². The molecule has 0 saturated carbocycles. The third-order valence-electron chi connectivity index (χ3n) is 1.14. The molecule has 2 aromatic heterocycles. The number of H-pyrrole nitrogens is 1. The molecule has 10 heavy (non-hydrogen) atoms. The SMILES string of the molecule is [W].[c-]1ccc2[nH]cnc2n1. The fourth-order valence-electron chi connectivity index (χ4n) is 0.728. The van der Waals surface area contributed by atoms with E-state index in [0.717, 1.165) is 11.2 Å². The van der Waals surface area contributed by atoms with Gasteiger partial charge in [0.15, 0.2) is 0 Å². The minimum atomic E-state index is 0. The number of pyridine rings is 1. The molecular formula is C6H4N3W-. The fraction of sp³-hybridized carbons (Fsp3) is 0. The first-order valence-corrected chi connectivity index (χ1v) is 2.63. The van der Waals surface area contributed by atoms with Gasteiger partial charge < -0.3 is 9.97 Å². The van der Waals surface area contributed by atoms with Gasteiger partial charge in [-0.15, -0.1) is 6.07 Å². The van der Waals surface area contributed by atoms with Gasteiger partial charge in [0.25, 0.3) is 0 Å². The van der Waals surface area contributed by atoms with Crippen molar-refractivity contribution in [2.75, 3.05) is 0 Å². The number of nitrogens with one attached hydrogen (secondary N) is 1. The second-order valence-corrected chi connectivity index (χ2v) is 1.71. The molecule has 3 nitrogen and oxygen atoms in total. The first kappa shape index (κ1) is 7.42. The van der Waals surface area contributed by atoms with Gasteiger partial charge in [-0.1, -0.05) is 6.20 Å². The van der Waals surface area contributed by atoms with Gasteiger partial charge in [0, 0.05) is 21.1 Å². The van der Waals surface area contributed by atoms with Crippen molar-refractivity contribution >= 4 is 11.2 Å². The second-order valence-electron chi connectivity index (χ2n) is 1.71. The number of nitrogens with zero attached hydrogens (tertiary/aromatic N) is 2. The Morgan fingerprint density at radius 2 is 2.40 bits per heavy atom. The summed E-state index contributed by atoms with van der Waals surface area (Å²) in [5.74, 6) is 0. The molecule has 0 spiro atoms. The minimum Gasteiger partial charge on any atom is -0.368 e. The number of hydrogen-bond donors (Lipinski definition) is 1. The normalized spacial score (nSPS) is 9.20. The van der Waals surface area contributed by atoms with Gasteiger partial charge in [0.1, 0.15) is 0 Å². The molecule has 0 unspecified atom stereocenters. The Hall–Kier alpha value is -0.692. The van der Waals surface area contributed by atoms with Gasteiger partial charge in [0.05, 0.1) is 12.0 Å². The molecule has 0 fully saturated rings. The van der Waals surface area contributed by atoms with Crippen molar-refractivity contribution in [2.45, 2.75) is 0 Å². The zero-order chi connectivity index (χ0) is 6.10. The zero-order valence-electron chi connectivity index (χ0n) is 5.03. The van der Waals surface area contributed by atoms with Crippen molar-refractivity contribution < 1.29 is 21.1 Å². The molecule has 1 N–H and O–H groups in total. The Balaban J connectivity index is 0.000000500. The van der Waals surface area contributed by atoms with Crippen LogP contribution in [0.2, 0.25) is 0 Å². The molecule has 0 amide bonds. The number of aromatic nitrogens is 3. The molecule has 0 saturated heterocycles. The summed E-state index contributed by atoms with van der Waals surface area (Å²) >= 11 is 0. The Kier molecular flexibility index (Phi) is 2.17. The van der Waals surface area contributed by atoms with Crippen LogP contribution >= 0.6 is 0 Å². The molecule has 50 valence electrons. The summed E-state index contributed by atoms with van der Waals surface area (Å²) in [6, 6.07) is 3.63. The van der Waals surface area contributed by atoms with Gasteiger partial charge in [-0.05, 0) is 5.52 Å². The third-order valence-corrected chi connectivity index (χ3v) is 1.14. The summed E-state index contributed by atoms with van der Waals surface area (Å²) in [7, 11) is 0. The monoisotopic (exact) mass is 302 g/mol. The van der Waals surface area contributed by atoms with Crippen molar-refractivity contribution in [1.29, 1.82) is 0 Å². The number of fused-ring (bicyclic) bond motifs is 1. The van der Waals surface area contributed by atoms with Crippen LogP contribution in [0, 0.1) is 6.20 Å². The van der Waals surface area contributed by atoms with E-state index >= 15 is 0 Å². The molecule has 2 rings (SSSR count). The molecule has 2 heterocycles. The summed E-state index contributed by atoms with van der Waals surface area (Å²) < 4.78 is 0. The van der Waals surface area contributed by atoms with E-state index in [0.29, 0.717) is 0 Å². The molecule has 2 aromatic rings. The quantitative estimate of drug-likeness (QED) is 0.730. The van der Waals surface area contributed by atoms with E-state index in [1.165, 1.54) is 0 Å². The average Bonchev–Trinajstić information content (AvgIpc) is 2.33. The topological polar surface area (TPSA) is 41.6 Å². The van der Waals surface area contributed by atoms with E-state index in [-0.39, 0.29) is 21.1 Å². The number of rotatable bonds is 0. The Morgan fingerprint density at radius 3 is 3.20 bits per heavy atom. The maximum absolute atomic E-state index is 3.92. The predicted molar refractivity (Wildman–Crippen MR) is 32.7 cm³/mol. The van der Waals surface area contributed by atoms with Crippen LogP contribution in [0.1, 0.15) is 0 Å². The molecule has 0 aromatic carbocycles. The number of aromatic amines is 1. The van der Waals surface area contributed by atoms with Crippen molar-refractivity contribution in [3.63, 3.8) is 0 Å². The summed E-state index contributed by atoms with van der Waals surface area (Å²) in [6.45, 7) is 0. The van der Waals surface area contributed by atoms with E-state index in [4.69, 9.17) is 0 Å². The summed E-state index contributed by atoms with van der Waals surface area (Å²) in [5, 5.41) is 0. The number of imidazole rings is 1. The third kappa shape index (κ3) is 1.09. The fourth-order valence-corrected chi connectivity index (χ4v) is 0.728. The number of hydrogen-bond acceptors (Lipinski definition) is 2. The van der Waals surface area contributed by atoms with E-state index in [1.54, 1.807) is 12.4 Å². The smallest absolute Gasteiger partial charge is 0.0790 e. The molecule has 0 atom stereocenters. The van der Waals surface area contributed by atoms with Gasteiger partial charge >= 0.3 is 0 Å². The Morgan fingerprint density at radius 1 is 1.50 bits per heavy atom. The van der Waals surface area contributed by atoms with E-state index in [9.17, 15) is 0 Å². The standard InChI is InChI=1S/C6H4N3.W/c1-2-5-6(7-3-1)9-4-8-5;/h1-2,4H,(H,7,8,9);/q-1;. The minimum absolute atomic E-state index is 0.